The lowest BCUT2D eigenvalue weighted by atomic mass is 9.37. The molecule has 0 fully saturated rings. The quantitative estimate of drug-likeness (QED) is 0.162. The lowest BCUT2D eigenvalue weighted by Gasteiger charge is -2.33. The Hall–Kier alpha value is -6.80. The molecule has 8 aromatic carbocycles. The van der Waals surface area contributed by atoms with E-state index < -0.39 is 0 Å². The Morgan fingerprint density at radius 2 is 0.913 bits per heavy atom. The fraction of sp³-hybridized carbons (Fsp3) is 0.194. The fourth-order valence-corrected chi connectivity index (χ4v) is 14.0. The predicted molar refractivity (Wildman–Crippen MR) is 297 cm³/mol. The van der Waals surface area contributed by atoms with Crippen molar-refractivity contribution in [1.29, 1.82) is 0 Å². The zero-order valence-electron chi connectivity index (χ0n) is 40.5. The van der Waals surface area contributed by atoms with Crippen molar-refractivity contribution in [3.8, 4) is 34.4 Å². The molecule has 2 aliphatic heterocycles. The third-order valence-corrected chi connectivity index (χ3v) is 17.5. The molecule has 0 saturated carbocycles. The van der Waals surface area contributed by atoms with Gasteiger partial charge in [0.2, 0.25) is 0 Å². The van der Waals surface area contributed by atoms with E-state index in [0.717, 1.165) is 50.9 Å². The monoisotopic (exact) mass is 930 g/mol. The molecule has 2 aliphatic rings. The van der Waals surface area contributed by atoms with E-state index in [1.54, 1.807) is 0 Å². The molecular weight excluding hydrogens is 880 g/mol. The van der Waals surface area contributed by atoms with E-state index in [9.17, 15) is 0 Å². The standard InChI is InChI=1S/C62H51BN2O2S2/c1-60(2,3)34-22-25-46-41(28-34)42-29-35(61(4,5)6)23-26-47(42)65(46)48-33-51-56(58-54(48)40-18-12-15-21-52(40)68-58)63-55-49(66-51)31-37(64-44-19-13-10-16-38(44)39-17-11-14-20-45(39)64)32-50(55)67-57-43-30-36(62(7,8)9)24-27-53(43)69-59(57)63/h10-33H,1-9H3. The Labute approximate surface area is 410 Å². The highest BCUT2D eigenvalue weighted by molar-refractivity contribution is 7.34. The summed E-state index contributed by atoms with van der Waals surface area (Å²) in [6, 6.07) is 54.6. The van der Waals surface area contributed by atoms with Crippen LogP contribution in [0.25, 0.3) is 85.2 Å². The number of rotatable bonds is 2. The maximum Gasteiger partial charge on any atom is 0.275 e. The molecule has 0 amide bonds. The summed E-state index contributed by atoms with van der Waals surface area (Å²) in [7, 11) is 0. The van der Waals surface area contributed by atoms with Crippen LogP contribution in [0.3, 0.4) is 0 Å². The van der Waals surface area contributed by atoms with Gasteiger partial charge in [-0.1, -0.05) is 135 Å². The van der Waals surface area contributed by atoms with Crippen molar-refractivity contribution in [1.82, 2.24) is 9.13 Å². The Kier molecular flexibility index (Phi) is 8.32. The van der Waals surface area contributed by atoms with Crippen LogP contribution in [-0.2, 0) is 16.2 Å². The van der Waals surface area contributed by atoms with Gasteiger partial charge < -0.3 is 18.6 Å². The smallest absolute Gasteiger partial charge is 0.275 e. The first-order chi connectivity index (χ1) is 33.1. The van der Waals surface area contributed by atoms with Gasteiger partial charge in [0.15, 0.2) is 0 Å². The first kappa shape index (κ1) is 41.2. The van der Waals surface area contributed by atoms with E-state index in [0.29, 0.717) is 0 Å². The average molecular weight is 931 g/mol. The second-order valence-electron chi connectivity index (χ2n) is 22.5. The van der Waals surface area contributed by atoms with Crippen LogP contribution >= 0.6 is 22.7 Å². The van der Waals surface area contributed by atoms with Gasteiger partial charge in [0.1, 0.15) is 23.0 Å². The third kappa shape index (κ3) is 5.87. The SMILES string of the molecule is CC(C)(C)c1ccc2sc3c(c2c1)Oc1cc(-n2c4ccccc4c4ccccc42)cc2c1B3c1c(cc(-n3c4ccc(C(C)(C)C)cc4c4cc(C(C)(C)C)ccc43)c3c1sc1ccccc13)O2. The molecule has 0 N–H and O–H groups in total. The van der Waals surface area contributed by atoms with E-state index >= 15 is 0 Å². The van der Waals surface area contributed by atoms with Crippen LogP contribution in [0, 0.1) is 0 Å². The van der Waals surface area contributed by atoms with Gasteiger partial charge in [0, 0.05) is 80.2 Å². The number of thiophene rings is 2. The van der Waals surface area contributed by atoms with Crippen LogP contribution in [0.5, 0.6) is 23.0 Å². The van der Waals surface area contributed by atoms with Crippen LogP contribution in [0.2, 0.25) is 0 Å². The van der Waals surface area contributed by atoms with Gasteiger partial charge in [0.25, 0.3) is 6.71 Å². The normalized spacial score (nSPS) is 13.8. The molecule has 4 aromatic heterocycles. The number of para-hydroxylation sites is 2. The van der Waals surface area contributed by atoms with Gasteiger partial charge in [0.05, 0.1) is 33.4 Å². The van der Waals surface area contributed by atoms with Crippen molar-refractivity contribution in [2.75, 3.05) is 0 Å². The number of aromatic nitrogens is 2. The fourth-order valence-electron chi connectivity index (χ4n) is 11.5. The maximum absolute atomic E-state index is 7.54. The van der Waals surface area contributed by atoms with Crippen molar-refractivity contribution in [3.63, 3.8) is 0 Å². The number of nitrogens with zero attached hydrogens (tertiary/aromatic N) is 2. The third-order valence-electron chi connectivity index (χ3n) is 15.1. The van der Waals surface area contributed by atoms with Crippen molar-refractivity contribution in [2.24, 2.45) is 0 Å². The maximum atomic E-state index is 7.54. The van der Waals surface area contributed by atoms with Crippen molar-refractivity contribution in [3.05, 3.63) is 162 Å². The van der Waals surface area contributed by atoms with Gasteiger partial charge >= 0.3 is 0 Å². The average Bonchev–Trinajstić information content (AvgIpc) is 4.07. The number of fused-ring (bicyclic) bond motifs is 16. The molecule has 69 heavy (non-hydrogen) atoms. The van der Waals surface area contributed by atoms with Crippen LogP contribution in [0.15, 0.2) is 146 Å². The van der Waals surface area contributed by atoms with Crippen molar-refractivity contribution in [2.45, 2.75) is 78.6 Å². The number of benzene rings is 8. The number of ether oxygens (including phenoxy) is 2. The van der Waals surface area contributed by atoms with E-state index in [4.69, 9.17) is 9.47 Å². The largest absolute Gasteiger partial charge is 0.458 e. The Bertz CT molecular complexity index is 4090. The lowest BCUT2D eigenvalue weighted by Crippen LogP contribution is -2.56. The second kappa shape index (κ2) is 13.9. The minimum absolute atomic E-state index is 0.00542. The Balaban J connectivity index is 1.10. The lowest BCUT2D eigenvalue weighted by molar-refractivity contribution is 0.468. The number of hydrogen-bond donors (Lipinski definition) is 0. The summed E-state index contributed by atoms with van der Waals surface area (Å²) in [5.74, 6) is 3.53. The molecule has 0 aliphatic carbocycles. The summed E-state index contributed by atoms with van der Waals surface area (Å²) in [5, 5.41) is 8.67. The Morgan fingerprint density at radius 3 is 1.52 bits per heavy atom. The molecule has 4 nitrogen and oxygen atoms in total. The zero-order valence-corrected chi connectivity index (χ0v) is 42.1. The van der Waals surface area contributed by atoms with E-state index in [1.165, 1.54) is 89.8 Å². The summed E-state index contributed by atoms with van der Waals surface area (Å²) in [5.41, 5.74) is 13.1. The molecule has 7 heteroatoms. The van der Waals surface area contributed by atoms with Gasteiger partial charge in [-0.05, 0) is 93.0 Å². The molecule has 0 radical (unpaired) electrons. The minimum atomic E-state index is -0.114. The molecular formula is C62H51BN2O2S2. The van der Waals surface area contributed by atoms with Crippen molar-refractivity contribution < 1.29 is 9.47 Å². The van der Waals surface area contributed by atoms with E-state index in [1.807, 2.05) is 22.7 Å². The molecule has 0 bridgehead atoms. The van der Waals surface area contributed by atoms with Crippen molar-refractivity contribution >= 4 is 119 Å². The summed E-state index contributed by atoms with van der Waals surface area (Å²) >= 11 is 3.76. The van der Waals surface area contributed by atoms with Crippen LogP contribution in [0.1, 0.15) is 79.0 Å². The highest BCUT2D eigenvalue weighted by Gasteiger charge is 2.45. The zero-order chi connectivity index (χ0) is 47.0. The van der Waals surface area contributed by atoms with Crippen LogP contribution < -0.4 is 25.2 Å². The van der Waals surface area contributed by atoms with E-state index in [-0.39, 0.29) is 23.0 Å². The molecule has 14 rings (SSSR count). The Morgan fingerprint density at radius 1 is 0.420 bits per heavy atom. The predicted octanol–water partition coefficient (Wildman–Crippen LogP) is 16.1. The molecule has 12 aromatic rings. The summed E-state index contributed by atoms with van der Waals surface area (Å²) < 4.78 is 24.8. The van der Waals surface area contributed by atoms with Crippen LogP contribution in [0.4, 0.5) is 0 Å². The van der Waals surface area contributed by atoms with Gasteiger partial charge in [-0.3, -0.25) is 0 Å². The molecule has 0 spiro atoms. The second-order valence-corrected chi connectivity index (χ2v) is 24.7. The highest BCUT2D eigenvalue weighted by atomic mass is 32.1. The summed E-state index contributed by atoms with van der Waals surface area (Å²) in [6.45, 7) is 20.6. The minimum Gasteiger partial charge on any atom is -0.458 e. The summed E-state index contributed by atoms with van der Waals surface area (Å²) in [6.07, 6.45) is 0. The van der Waals surface area contributed by atoms with E-state index in [2.05, 4.69) is 217 Å². The summed E-state index contributed by atoms with van der Waals surface area (Å²) in [4.78, 5) is 0. The molecule has 336 valence electrons. The molecule has 0 atom stereocenters. The van der Waals surface area contributed by atoms with Crippen LogP contribution in [-0.4, -0.2) is 15.8 Å². The molecule has 6 heterocycles. The van der Waals surface area contributed by atoms with Gasteiger partial charge in [-0.15, -0.1) is 22.7 Å². The first-order valence-electron chi connectivity index (χ1n) is 24.3. The molecule has 0 saturated heterocycles. The van der Waals surface area contributed by atoms with Gasteiger partial charge in [-0.25, -0.2) is 0 Å². The highest BCUT2D eigenvalue weighted by Crippen LogP contribution is 2.49. The van der Waals surface area contributed by atoms with Gasteiger partial charge in [-0.2, -0.15) is 0 Å². The molecule has 0 unspecified atom stereocenters. The first-order valence-corrected chi connectivity index (χ1v) is 25.9. The number of hydrogen-bond acceptors (Lipinski definition) is 4. The topological polar surface area (TPSA) is 28.3 Å².